The summed E-state index contributed by atoms with van der Waals surface area (Å²) in [6.07, 6.45) is 0. The van der Waals surface area contributed by atoms with Crippen molar-refractivity contribution in [2.75, 3.05) is 9.80 Å². The van der Waals surface area contributed by atoms with Crippen molar-refractivity contribution in [2.45, 2.75) is 78.6 Å². The first-order chi connectivity index (χ1) is 54.1. The molecule has 0 saturated carbocycles. The van der Waals surface area contributed by atoms with Crippen LogP contribution in [0.2, 0.25) is 0 Å². The summed E-state index contributed by atoms with van der Waals surface area (Å²) >= 11 is 0. The number of para-hydroxylation sites is 6. The van der Waals surface area contributed by atoms with Crippen LogP contribution in [0.15, 0.2) is 279 Å². The molecule has 0 saturated heterocycles. The second kappa shape index (κ2) is 21.7. The van der Waals surface area contributed by atoms with Gasteiger partial charge >= 0.3 is 0 Å². The number of anilines is 6. The van der Waals surface area contributed by atoms with Crippen LogP contribution in [0.4, 0.5) is 34.1 Å². The van der Waals surface area contributed by atoms with Gasteiger partial charge in [0.15, 0.2) is 0 Å². The first-order valence-corrected chi connectivity index (χ1v) is 33.1. The second-order valence-electron chi connectivity index (χ2n) is 28.9. The summed E-state index contributed by atoms with van der Waals surface area (Å²) in [5, 5.41) is 14.0. The molecule has 0 bridgehead atoms. The van der Waals surface area contributed by atoms with Crippen molar-refractivity contribution >= 4 is 123 Å². The molecule has 0 radical (unpaired) electrons. The van der Waals surface area contributed by atoms with Crippen LogP contribution in [0, 0.1) is 11.3 Å². The normalized spacial score (nSPS) is 15.4. The van der Waals surface area contributed by atoms with E-state index >= 15 is 0 Å². The number of hydrogen-bond acceptors (Lipinski definition) is 3. The lowest BCUT2D eigenvalue weighted by Gasteiger charge is -2.46. The number of nitrogens with zero attached hydrogens (tertiary/aromatic N) is 6. The average molecular weight is 1280 g/mol. The highest BCUT2D eigenvalue weighted by atomic mass is 15.2. The van der Waals surface area contributed by atoms with Gasteiger partial charge in [-0.1, -0.05) is 244 Å². The van der Waals surface area contributed by atoms with E-state index in [1.165, 1.54) is 4.57 Å². The van der Waals surface area contributed by atoms with E-state index in [0.717, 1.165) is 71.9 Å². The number of aromatic nitrogens is 3. The zero-order chi connectivity index (χ0) is 80.6. The Hall–Kier alpha value is -11.6. The van der Waals surface area contributed by atoms with E-state index < -0.39 is 114 Å². The van der Waals surface area contributed by atoms with Gasteiger partial charge in [-0.2, -0.15) is 5.26 Å². The highest BCUT2D eigenvalue weighted by Gasteiger charge is 2.46. The van der Waals surface area contributed by atoms with Crippen molar-refractivity contribution in [2.24, 2.45) is 0 Å². The Balaban J connectivity index is 1.05. The van der Waals surface area contributed by atoms with Gasteiger partial charge in [-0.3, -0.25) is 0 Å². The van der Waals surface area contributed by atoms with Crippen molar-refractivity contribution in [1.29, 1.82) is 5.26 Å². The molecule has 0 atom stereocenters. The fraction of sp³-hybridized carbons (Fsp3) is 0.132. The molecule has 7 heteroatoms. The van der Waals surface area contributed by atoms with Crippen LogP contribution >= 0.6 is 0 Å². The summed E-state index contributed by atoms with van der Waals surface area (Å²) in [4.78, 5) is 4.40. The van der Waals surface area contributed by atoms with Crippen LogP contribution < -0.4 is 26.2 Å². The molecule has 5 heterocycles. The highest BCUT2D eigenvalue weighted by Crippen LogP contribution is 2.54. The van der Waals surface area contributed by atoms with Gasteiger partial charge in [-0.05, 0) is 157 Å². The van der Waals surface area contributed by atoms with E-state index in [-0.39, 0.29) is 60.3 Å². The van der Waals surface area contributed by atoms with Crippen LogP contribution in [-0.2, 0) is 16.2 Å². The van der Waals surface area contributed by atoms with Gasteiger partial charge in [0, 0.05) is 77.6 Å². The van der Waals surface area contributed by atoms with Gasteiger partial charge in [0.05, 0.1) is 72.1 Å². The molecule has 0 aliphatic carbocycles. The topological polar surface area (TPSA) is 45.1 Å². The third kappa shape index (κ3) is 8.93. The summed E-state index contributed by atoms with van der Waals surface area (Å²) in [6, 6.07) is 55.3. The molecule has 2 aliphatic heterocycles. The Morgan fingerprint density at radius 1 is 0.337 bits per heavy atom. The minimum absolute atomic E-state index is 0.0652. The SMILES string of the molecule is [2H]c1c([2H])c([2H])c2c(c1[2H])c1c([2H])c([2H])c([2H])c([2H])c1n2-c1ccc2c(c1)N(c1cccc(-n3c4ccccc4c4ccccc43)c1C#N)c1cc(C(C)(C)C)cc3c1B2c1ccc(-n2c4c([2H])c([2H])c([2H])c([2H])c4c4c([2H])c([2H])c([2H])c([2H])c42)cc1N3c1c(-c2ccccc2)cc(C(C)(C)C)cc1-c1cccc(C(C)(C)C)c1. The number of fused-ring (bicyclic) bond motifs is 13. The Labute approximate surface area is 595 Å². The zero-order valence-corrected chi connectivity index (χ0v) is 55.6. The molecule has 98 heavy (non-hydrogen) atoms. The summed E-state index contributed by atoms with van der Waals surface area (Å²) < 4.78 is 156. The highest BCUT2D eigenvalue weighted by molar-refractivity contribution is 7.00. The minimum atomic E-state index is -0.808. The van der Waals surface area contributed by atoms with Gasteiger partial charge < -0.3 is 23.5 Å². The van der Waals surface area contributed by atoms with Crippen molar-refractivity contribution < 1.29 is 21.9 Å². The lowest BCUT2D eigenvalue weighted by atomic mass is 9.33. The number of rotatable bonds is 7. The molecule has 3 aromatic heterocycles. The van der Waals surface area contributed by atoms with E-state index in [0.29, 0.717) is 50.7 Å². The predicted octanol–water partition coefficient (Wildman–Crippen LogP) is 22.2. The van der Waals surface area contributed by atoms with Crippen LogP contribution in [0.3, 0.4) is 0 Å². The summed E-state index contributed by atoms with van der Waals surface area (Å²) in [6.45, 7) is 18.7. The lowest BCUT2D eigenvalue weighted by Crippen LogP contribution is -2.61. The summed E-state index contributed by atoms with van der Waals surface area (Å²) in [7, 11) is 0. The summed E-state index contributed by atoms with van der Waals surface area (Å²) in [5.74, 6) is 0. The first kappa shape index (κ1) is 44.2. The Bertz CT molecular complexity index is 6850. The fourth-order valence-electron chi connectivity index (χ4n) is 15.3. The predicted molar refractivity (Wildman–Crippen MR) is 415 cm³/mol. The Morgan fingerprint density at radius 3 is 1.28 bits per heavy atom. The maximum atomic E-state index is 12.4. The molecule has 0 unspecified atom stereocenters. The van der Waals surface area contributed by atoms with Crippen LogP contribution in [-0.4, -0.2) is 20.4 Å². The zero-order valence-electron chi connectivity index (χ0n) is 71.6. The van der Waals surface area contributed by atoms with Crippen molar-refractivity contribution in [3.63, 3.8) is 0 Å². The molecule has 0 amide bonds. The van der Waals surface area contributed by atoms with E-state index in [1.54, 1.807) is 10.6 Å². The van der Waals surface area contributed by atoms with Crippen LogP contribution in [0.1, 0.15) is 106 Å². The molecule has 18 rings (SSSR count). The monoisotopic (exact) mass is 1280 g/mol. The van der Waals surface area contributed by atoms with E-state index in [1.807, 2.05) is 103 Å². The molecule has 6 nitrogen and oxygen atoms in total. The number of nitriles is 1. The molecule has 16 aromatic rings. The van der Waals surface area contributed by atoms with Gasteiger partial charge in [0.25, 0.3) is 6.71 Å². The van der Waals surface area contributed by atoms with Gasteiger partial charge in [0.2, 0.25) is 0 Å². The van der Waals surface area contributed by atoms with Crippen molar-refractivity contribution in [3.05, 3.63) is 301 Å². The third-order valence-electron chi connectivity index (χ3n) is 20.0. The molecule has 0 N–H and O–H groups in total. The van der Waals surface area contributed by atoms with Gasteiger partial charge in [0.1, 0.15) is 11.6 Å². The molecular weight excluding hydrogens is 1190 g/mol. The second-order valence-corrected chi connectivity index (χ2v) is 28.9. The molecule has 0 fully saturated rings. The molecule has 13 aromatic carbocycles. The Kier molecular flexibility index (Phi) is 9.80. The van der Waals surface area contributed by atoms with Crippen LogP contribution in [0.25, 0.3) is 105 Å². The number of hydrogen-bond donors (Lipinski definition) is 0. The molecule has 0 spiro atoms. The fourth-order valence-corrected chi connectivity index (χ4v) is 15.3. The maximum Gasteiger partial charge on any atom is 0.252 e. The molecular formula is C91H73BN6. The third-order valence-corrected chi connectivity index (χ3v) is 20.0. The number of benzene rings is 13. The smallest absolute Gasteiger partial charge is 0.252 e. The standard InChI is InChI=1S/C91H73BN6/c1-89(2,3)59-30-25-29-58(49-59)71-51-60(90(4,5)6)50-70(57-27-11-10-12-28-57)88(71)98-84-55-63(95-77-39-21-15-33-66(77)67-34-16-22-40-78(67)95)46-48-74(84)92-73-47-45-62(94-75-37-19-13-31-64(75)65-32-14-20-38-76(65)94)54-83(73)97(85-52-61(91(7,8)9)53-86(98)87(85)92)82-44-26-43-81(72(82)56-93)96-79-41-23-17-35-68(79)69-36-18-24-42-80(69)96/h10-55H,1-9H3/i13D,14D,15D,16D,19D,20D,21D,22D,31D,32D,33D,34D,37D,38D,39D,40D. The first-order valence-electron chi connectivity index (χ1n) is 41.1. The van der Waals surface area contributed by atoms with Crippen molar-refractivity contribution in [3.8, 4) is 45.4 Å². The van der Waals surface area contributed by atoms with E-state index in [4.69, 9.17) is 5.48 Å². The lowest BCUT2D eigenvalue weighted by molar-refractivity contribution is 0.589. The van der Waals surface area contributed by atoms with Gasteiger partial charge in [-0.25, -0.2) is 0 Å². The Morgan fingerprint density at radius 2 is 0.765 bits per heavy atom. The molecule has 2 aliphatic rings. The minimum Gasteiger partial charge on any atom is -0.310 e. The van der Waals surface area contributed by atoms with Crippen molar-refractivity contribution in [1.82, 2.24) is 13.7 Å². The largest absolute Gasteiger partial charge is 0.310 e. The average Bonchev–Trinajstić information content (AvgIpc) is 0.999. The summed E-state index contributed by atoms with van der Waals surface area (Å²) in [5.41, 5.74) is 13.5. The maximum absolute atomic E-state index is 12.4. The molecule has 470 valence electrons. The van der Waals surface area contributed by atoms with Gasteiger partial charge in [-0.15, -0.1) is 0 Å². The van der Waals surface area contributed by atoms with E-state index in [2.05, 4.69) is 156 Å². The van der Waals surface area contributed by atoms with Crippen LogP contribution in [0.5, 0.6) is 0 Å². The van der Waals surface area contributed by atoms with E-state index in [9.17, 15) is 21.7 Å². The quantitative estimate of drug-likeness (QED) is 0.149.